The minimum atomic E-state index is -0.514. The maximum Gasteiger partial charge on any atom is 0.228 e. The van der Waals surface area contributed by atoms with Gasteiger partial charge in [-0.15, -0.1) is 0 Å². The summed E-state index contributed by atoms with van der Waals surface area (Å²) in [5, 5.41) is 7.07. The average molecular weight is 277 g/mol. The summed E-state index contributed by atoms with van der Waals surface area (Å²) in [6.07, 6.45) is 8.66. The number of carbonyl (C=O) groups is 1. The van der Waals surface area contributed by atoms with Crippen molar-refractivity contribution in [1.82, 2.24) is 4.98 Å². The van der Waals surface area contributed by atoms with E-state index >= 15 is 0 Å². The summed E-state index contributed by atoms with van der Waals surface area (Å²) in [5.74, 6) is -0.494. The van der Waals surface area contributed by atoms with Crippen LogP contribution in [0.25, 0.3) is 0 Å². The van der Waals surface area contributed by atoms with Gasteiger partial charge in [-0.05, 0) is 12.5 Å². The Bertz CT molecular complexity index is 429. The first-order chi connectivity index (χ1) is 9.65. The van der Waals surface area contributed by atoms with Gasteiger partial charge in [0, 0.05) is 17.8 Å². The number of carbonyl (C=O) groups excluding carboxylic acids is 1. The fraction of sp³-hybridized carbons (Fsp3) is 0.533. The Morgan fingerprint density at radius 1 is 1.25 bits per heavy atom. The molecule has 1 aromatic rings. The van der Waals surface area contributed by atoms with E-state index in [1.54, 1.807) is 12.1 Å². The van der Waals surface area contributed by atoms with Crippen LogP contribution in [-0.4, -0.2) is 23.2 Å². The van der Waals surface area contributed by atoms with E-state index in [4.69, 9.17) is 15.9 Å². The van der Waals surface area contributed by atoms with Crippen molar-refractivity contribution >= 4 is 11.6 Å². The van der Waals surface area contributed by atoms with Crippen molar-refractivity contribution in [3.63, 3.8) is 0 Å². The van der Waals surface area contributed by atoms with Gasteiger partial charge < -0.3 is 10.5 Å². The summed E-state index contributed by atoms with van der Waals surface area (Å²) in [6.45, 7) is 2.84. The monoisotopic (exact) mass is 277 g/mol. The van der Waals surface area contributed by atoms with Gasteiger partial charge in [0.15, 0.2) is 5.84 Å². The molecule has 110 valence electrons. The molecule has 1 rings (SSSR count). The smallest absolute Gasteiger partial charge is 0.228 e. The van der Waals surface area contributed by atoms with Crippen LogP contribution in [0.5, 0.6) is 5.88 Å². The van der Waals surface area contributed by atoms with Gasteiger partial charge in [-0.25, -0.2) is 4.98 Å². The fourth-order valence-electron chi connectivity index (χ4n) is 1.81. The fourth-order valence-corrected chi connectivity index (χ4v) is 1.81. The van der Waals surface area contributed by atoms with Crippen LogP contribution in [0.2, 0.25) is 0 Å². The first kappa shape index (κ1) is 16.1. The van der Waals surface area contributed by atoms with E-state index in [2.05, 4.69) is 11.9 Å². The van der Waals surface area contributed by atoms with Crippen molar-refractivity contribution in [2.24, 2.45) is 5.73 Å². The molecular weight excluding hydrogens is 254 g/mol. The van der Waals surface area contributed by atoms with Crippen molar-refractivity contribution in [1.29, 1.82) is 5.41 Å². The number of unbranched alkanes of at least 4 members (excludes halogenated alkanes) is 5. The second-order valence-electron chi connectivity index (χ2n) is 4.74. The Morgan fingerprint density at radius 3 is 2.55 bits per heavy atom. The van der Waals surface area contributed by atoms with Gasteiger partial charge >= 0.3 is 0 Å². The molecule has 1 heterocycles. The number of ether oxygens (including phenoxy) is 1. The number of nitrogens with zero attached hydrogens (tertiary/aromatic N) is 1. The van der Waals surface area contributed by atoms with E-state index in [0.29, 0.717) is 18.1 Å². The lowest BCUT2D eigenvalue weighted by atomic mass is 10.1. The largest absolute Gasteiger partial charge is 0.478 e. The van der Waals surface area contributed by atoms with E-state index in [-0.39, 0.29) is 0 Å². The lowest BCUT2D eigenvalue weighted by Gasteiger charge is -2.05. The summed E-state index contributed by atoms with van der Waals surface area (Å²) in [5.41, 5.74) is 5.44. The van der Waals surface area contributed by atoms with E-state index < -0.39 is 11.6 Å². The van der Waals surface area contributed by atoms with Crippen LogP contribution < -0.4 is 10.5 Å². The summed E-state index contributed by atoms with van der Waals surface area (Å²) < 4.78 is 5.50. The van der Waals surface area contributed by atoms with Crippen molar-refractivity contribution < 1.29 is 9.53 Å². The normalized spacial score (nSPS) is 10.2. The molecular formula is C15H23N3O2. The van der Waals surface area contributed by atoms with Gasteiger partial charge in [0.2, 0.25) is 11.7 Å². The molecule has 20 heavy (non-hydrogen) atoms. The molecule has 0 bridgehead atoms. The molecule has 0 aliphatic carbocycles. The molecule has 3 N–H and O–H groups in total. The molecule has 0 unspecified atom stereocenters. The number of rotatable bonds is 10. The van der Waals surface area contributed by atoms with Crippen LogP contribution in [0.1, 0.15) is 55.8 Å². The molecule has 5 heteroatoms. The molecule has 0 aliphatic rings. The van der Waals surface area contributed by atoms with Crippen molar-refractivity contribution in [3.8, 4) is 5.88 Å². The maximum absolute atomic E-state index is 11.4. The Hall–Kier alpha value is -1.91. The molecule has 0 radical (unpaired) electrons. The zero-order valence-corrected chi connectivity index (χ0v) is 12.0. The molecule has 0 saturated carbocycles. The van der Waals surface area contributed by atoms with E-state index in [0.717, 1.165) is 6.42 Å². The van der Waals surface area contributed by atoms with E-state index in [1.165, 1.54) is 38.3 Å². The quantitative estimate of drug-likeness (QED) is 0.298. The standard InChI is InChI=1S/C15H23N3O2/c1-2-3-4-5-6-7-10-20-13-9-8-12(11-18-13)14(19)15(16)17/h8-9,11H,2-7,10H2,1H3,(H3,16,17). The molecule has 0 aliphatic heterocycles. The number of hydrogen-bond acceptors (Lipinski definition) is 4. The van der Waals surface area contributed by atoms with Crippen LogP contribution in [0.4, 0.5) is 0 Å². The Balaban J connectivity index is 2.25. The summed E-state index contributed by atoms with van der Waals surface area (Å²) in [4.78, 5) is 15.4. The highest BCUT2D eigenvalue weighted by Gasteiger charge is 2.09. The predicted molar refractivity (Wildman–Crippen MR) is 79.4 cm³/mol. The van der Waals surface area contributed by atoms with Crippen LogP contribution in [0.3, 0.4) is 0 Å². The van der Waals surface area contributed by atoms with E-state index in [1.807, 2.05) is 0 Å². The third-order valence-corrected chi connectivity index (χ3v) is 2.99. The predicted octanol–water partition coefficient (Wildman–Crippen LogP) is 2.94. The van der Waals surface area contributed by atoms with Crippen molar-refractivity contribution in [2.75, 3.05) is 6.61 Å². The third-order valence-electron chi connectivity index (χ3n) is 2.99. The SMILES string of the molecule is CCCCCCCCOc1ccc(C(=O)C(=N)N)cn1. The Morgan fingerprint density at radius 2 is 1.95 bits per heavy atom. The first-order valence-electron chi connectivity index (χ1n) is 7.12. The number of aromatic nitrogens is 1. The minimum absolute atomic E-state index is 0.310. The molecule has 0 saturated heterocycles. The van der Waals surface area contributed by atoms with Gasteiger partial charge in [-0.3, -0.25) is 10.2 Å². The van der Waals surface area contributed by atoms with Crippen LogP contribution in [0, 0.1) is 5.41 Å². The van der Waals surface area contributed by atoms with Crippen LogP contribution >= 0.6 is 0 Å². The average Bonchev–Trinajstić information content (AvgIpc) is 2.46. The van der Waals surface area contributed by atoms with E-state index in [9.17, 15) is 4.79 Å². The van der Waals surface area contributed by atoms with Gasteiger partial charge in [-0.2, -0.15) is 0 Å². The number of hydrogen-bond donors (Lipinski definition) is 2. The van der Waals surface area contributed by atoms with Gasteiger partial charge in [0.05, 0.1) is 6.61 Å². The molecule has 0 fully saturated rings. The minimum Gasteiger partial charge on any atom is -0.478 e. The van der Waals surface area contributed by atoms with Crippen molar-refractivity contribution in [3.05, 3.63) is 23.9 Å². The molecule has 0 atom stereocenters. The lowest BCUT2D eigenvalue weighted by molar-refractivity contribution is 0.106. The topological polar surface area (TPSA) is 89.1 Å². The highest BCUT2D eigenvalue weighted by atomic mass is 16.5. The molecule has 0 spiro atoms. The number of ketones is 1. The zero-order valence-electron chi connectivity index (χ0n) is 12.0. The van der Waals surface area contributed by atoms with Gasteiger partial charge in [0.25, 0.3) is 0 Å². The second kappa shape index (κ2) is 9.07. The maximum atomic E-state index is 11.4. The number of Topliss-reactive ketones (excluding diaryl/α,β-unsaturated/α-hetero) is 1. The number of amidine groups is 1. The molecule has 0 amide bonds. The lowest BCUT2D eigenvalue weighted by Crippen LogP contribution is -2.22. The third kappa shape index (κ3) is 5.82. The molecule has 1 aromatic heterocycles. The Kier molecular flexibility index (Phi) is 7.32. The second-order valence-corrected chi connectivity index (χ2v) is 4.74. The van der Waals surface area contributed by atoms with Crippen LogP contribution in [0.15, 0.2) is 18.3 Å². The molecule has 5 nitrogen and oxygen atoms in total. The summed E-state index contributed by atoms with van der Waals surface area (Å²) in [7, 11) is 0. The highest BCUT2D eigenvalue weighted by Crippen LogP contribution is 2.10. The van der Waals surface area contributed by atoms with Gasteiger partial charge in [0.1, 0.15) is 0 Å². The number of pyridine rings is 1. The first-order valence-corrected chi connectivity index (χ1v) is 7.12. The number of nitrogens with two attached hydrogens (primary N) is 1. The zero-order chi connectivity index (χ0) is 14.8. The highest BCUT2D eigenvalue weighted by molar-refractivity contribution is 6.43. The summed E-state index contributed by atoms with van der Waals surface area (Å²) in [6, 6.07) is 3.21. The summed E-state index contributed by atoms with van der Waals surface area (Å²) >= 11 is 0. The molecule has 0 aromatic carbocycles. The van der Waals surface area contributed by atoms with Gasteiger partial charge in [-0.1, -0.05) is 39.0 Å². The van der Waals surface area contributed by atoms with Crippen molar-refractivity contribution in [2.45, 2.75) is 45.4 Å². The number of nitrogens with one attached hydrogen (secondary N) is 1. The van der Waals surface area contributed by atoms with Crippen LogP contribution in [-0.2, 0) is 0 Å². The Labute approximate surface area is 120 Å².